The quantitative estimate of drug-likeness (QED) is 0.170. The summed E-state index contributed by atoms with van der Waals surface area (Å²) in [6, 6.07) is 30.3. The molecule has 0 aromatic heterocycles. The van der Waals surface area contributed by atoms with Crippen LogP contribution in [0.25, 0.3) is 21.5 Å². The van der Waals surface area contributed by atoms with Crippen molar-refractivity contribution >= 4 is 55.0 Å². The molecule has 6 rings (SSSR count). The van der Waals surface area contributed by atoms with Gasteiger partial charge in [0, 0.05) is 53.6 Å². The van der Waals surface area contributed by atoms with Gasteiger partial charge in [-0.05, 0) is 59.7 Å². The number of imide groups is 1. The molecule has 1 aliphatic rings. The molecule has 0 fully saturated rings. The zero-order chi connectivity index (χ0) is 31.7. The SMILES string of the molecule is CCN(CC)S(=O)(=O)c1ccc(C(=O)N(CCCN2C(=O)c3cccc4cccc(c34)C2=O)c2cccc3ccccc23)cc1. The Morgan fingerprint density at radius 3 is 1.93 bits per heavy atom. The maximum atomic E-state index is 14.1. The zero-order valence-corrected chi connectivity index (χ0v) is 26.0. The van der Waals surface area contributed by atoms with Gasteiger partial charge in [-0.15, -0.1) is 0 Å². The van der Waals surface area contributed by atoms with Gasteiger partial charge in [-0.1, -0.05) is 74.5 Å². The smallest absolute Gasteiger partial charge is 0.261 e. The van der Waals surface area contributed by atoms with Crippen molar-refractivity contribution in [1.82, 2.24) is 9.21 Å². The van der Waals surface area contributed by atoms with Crippen LogP contribution in [0.2, 0.25) is 0 Å². The molecule has 5 aromatic carbocycles. The molecule has 9 heteroatoms. The number of hydrogen-bond donors (Lipinski definition) is 0. The second-order valence-electron chi connectivity index (χ2n) is 10.9. The van der Waals surface area contributed by atoms with Crippen LogP contribution < -0.4 is 4.90 Å². The molecule has 1 heterocycles. The molecular weight excluding hydrogens is 586 g/mol. The van der Waals surface area contributed by atoms with Crippen molar-refractivity contribution in [2.75, 3.05) is 31.1 Å². The number of hydrogen-bond acceptors (Lipinski definition) is 5. The third-order valence-corrected chi connectivity index (χ3v) is 10.4. The maximum absolute atomic E-state index is 14.1. The average Bonchev–Trinajstić information content (AvgIpc) is 3.07. The molecule has 0 atom stereocenters. The van der Waals surface area contributed by atoms with Crippen LogP contribution >= 0.6 is 0 Å². The minimum atomic E-state index is -3.68. The molecule has 45 heavy (non-hydrogen) atoms. The second kappa shape index (κ2) is 12.3. The summed E-state index contributed by atoms with van der Waals surface area (Å²) >= 11 is 0. The molecule has 0 N–H and O–H groups in total. The minimum absolute atomic E-state index is 0.122. The van der Waals surface area contributed by atoms with Crippen LogP contribution in [0.15, 0.2) is 108 Å². The standard InChI is InChI=1S/C36H33N3O5S/c1-3-37(4-2)45(43,44)28-21-19-27(20-22-28)34(40)38(32-18-9-12-25-11-5-6-15-29(25)32)23-10-24-39-35(41)30-16-7-13-26-14-8-17-31(33(26)30)36(39)42/h5-9,11-22H,3-4,10,23-24H2,1-2H3. The normalized spacial score (nSPS) is 13.2. The summed E-state index contributed by atoms with van der Waals surface area (Å²) < 4.78 is 27.4. The van der Waals surface area contributed by atoms with Crippen LogP contribution in [0.1, 0.15) is 51.3 Å². The maximum Gasteiger partial charge on any atom is 0.261 e. The first-order valence-corrected chi connectivity index (χ1v) is 16.5. The highest BCUT2D eigenvalue weighted by molar-refractivity contribution is 7.89. The van der Waals surface area contributed by atoms with E-state index < -0.39 is 10.0 Å². The van der Waals surface area contributed by atoms with Gasteiger partial charge < -0.3 is 4.90 Å². The van der Waals surface area contributed by atoms with E-state index in [1.165, 1.54) is 33.5 Å². The molecule has 1 aliphatic heterocycles. The lowest BCUT2D eigenvalue weighted by Crippen LogP contribution is -2.42. The van der Waals surface area contributed by atoms with E-state index >= 15 is 0 Å². The topological polar surface area (TPSA) is 95.1 Å². The lowest BCUT2D eigenvalue weighted by Gasteiger charge is -2.29. The van der Waals surface area contributed by atoms with E-state index in [1.807, 2.05) is 66.7 Å². The van der Waals surface area contributed by atoms with Crippen LogP contribution in [0, 0.1) is 0 Å². The van der Waals surface area contributed by atoms with Crippen molar-refractivity contribution in [2.24, 2.45) is 0 Å². The highest BCUT2D eigenvalue weighted by Crippen LogP contribution is 2.31. The predicted molar refractivity (Wildman–Crippen MR) is 176 cm³/mol. The van der Waals surface area contributed by atoms with E-state index in [0.29, 0.717) is 47.3 Å². The van der Waals surface area contributed by atoms with E-state index in [1.54, 1.807) is 30.9 Å². The van der Waals surface area contributed by atoms with Crippen molar-refractivity contribution < 1.29 is 22.8 Å². The molecule has 0 bridgehead atoms. The Kier molecular flexibility index (Phi) is 8.22. The highest BCUT2D eigenvalue weighted by atomic mass is 32.2. The van der Waals surface area contributed by atoms with Crippen molar-refractivity contribution in [3.63, 3.8) is 0 Å². The summed E-state index contributed by atoms with van der Waals surface area (Å²) in [5, 5.41) is 3.35. The summed E-state index contributed by atoms with van der Waals surface area (Å²) in [4.78, 5) is 44.1. The number of nitrogens with zero attached hydrogens (tertiary/aromatic N) is 3. The zero-order valence-electron chi connectivity index (χ0n) is 25.1. The number of carbonyl (C=O) groups is 3. The van der Waals surface area contributed by atoms with Gasteiger partial charge in [0.25, 0.3) is 17.7 Å². The van der Waals surface area contributed by atoms with Crippen molar-refractivity contribution in [3.8, 4) is 0 Å². The lowest BCUT2D eigenvalue weighted by atomic mass is 9.94. The first-order valence-electron chi connectivity index (χ1n) is 15.0. The molecule has 228 valence electrons. The Bertz CT molecular complexity index is 2000. The number of carbonyl (C=O) groups excluding carboxylic acids is 3. The van der Waals surface area contributed by atoms with Crippen LogP contribution in [0.5, 0.6) is 0 Å². The van der Waals surface area contributed by atoms with Gasteiger partial charge in [0.2, 0.25) is 10.0 Å². The van der Waals surface area contributed by atoms with Crippen LogP contribution in [-0.4, -0.2) is 61.5 Å². The Labute approximate surface area is 262 Å². The lowest BCUT2D eigenvalue weighted by molar-refractivity contribution is 0.0610. The molecule has 8 nitrogen and oxygen atoms in total. The predicted octanol–water partition coefficient (Wildman–Crippen LogP) is 6.36. The Hall–Kier alpha value is -4.86. The fourth-order valence-corrected chi connectivity index (χ4v) is 7.54. The molecule has 0 spiro atoms. The van der Waals surface area contributed by atoms with Gasteiger partial charge in [-0.25, -0.2) is 8.42 Å². The monoisotopic (exact) mass is 619 g/mol. The van der Waals surface area contributed by atoms with Crippen LogP contribution in [0.4, 0.5) is 5.69 Å². The molecule has 0 unspecified atom stereocenters. The van der Waals surface area contributed by atoms with Crippen molar-refractivity contribution in [2.45, 2.75) is 25.2 Å². The summed E-state index contributed by atoms with van der Waals surface area (Å²) in [7, 11) is -3.68. The molecule has 0 aliphatic carbocycles. The third kappa shape index (κ3) is 5.38. The minimum Gasteiger partial charge on any atom is -0.308 e. The first kappa shape index (κ1) is 30.2. The van der Waals surface area contributed by atoms with Gasteiger partial charge in [-0.2, -0.15) is 4.31 Å². The first-order chi connectivity index (χ1) is 21.8. The van der Waals surface area contributed by atoms with E-state index in [2.05, 4.69) is 0 Å². The molecule has 0 saturated heterocycles. The van der Waals surface area contributed by atoms with Gasteiger partial charge >= 0.3 is 0 Å². The molecule has 5 aromatic rings. The van der Waals surface area contributed by atoms with Gasteiger partial charge in [0.05, 0.1) is 10.6 Å². The largest absolute Gasteiger partial charge is 0.308 e. The summed E-state index contributed by atoms with van der Waals surface area (Å²) in [6.07, 6.45) is 0.332. The number of benzene rings is 5. The third-order valence-electron chi connectivity index (χ3n) is 8.37. The Morgan fingerprint density at radius 1 is 0.711 bits per heavy atom. The van der Waals surface area contributed by atoms with E-state index in [9.17, 15) is 22.8 Å². The van der Waals surface area contributed by atoms with Gasteiger partial charge in [0.15, 0.2) is 0 Å². The number of rotatable bonds is 10. The van der Waals surface area contributed by atoms with Gasteiger partial charge in [-0.3, -0.25) is 19.3 Å². The summed E-state index contributed by atoms with van der Waals surface area (Å²) in [5.74, 6) is -1.01. The number of fused-ring (bicyclic) bond motifs is 1. The van der Waals surface area contributed by atoms with Crippen molar-refractivity contribution in [3.05, 3.63) is 120 Å². The number of sulfonamides is 1. The number of amides is 3. The van der Waals surface area contributed by atoms with Gasteiger partial charge in [0.1, 0.15) is 0 Å². The van der Waals surface area contributed by atoms with E-state index in [4.69, 9.17) is 0 Å². The number of anilines is 1. The Balaban J connectivity index is 1.30. The molecule has 0 radical (unpaired) electrons. The van der Waals surface area contributed by atoms with Crippen LogP contribution in [0.3, 0.4) is 0 Å². The molecular formula is C36H33N3O5S. The average molecular weight is 620 g/mol. The fraction of sp³-hybridized carbons (Fsp3) is 0.194. The molecule has 3 amide bonds. The van der Waals surface area contributed by atoms with Crippen LogP contribution in [-0.2, 0) is 10.0 Å². The van der Waals surface area contributed by atoms with E-state index in [-0.39, 0.29) is 35.7 Å². The Morgan fingerprint density at radius 2 is 1.29 bits per heavy atom. The highest BCUT2D eigenvalue weighted by Gasteiger charge is 2.32. The van der Waals surface area contributed by atoms with Crippen molar-refractivity contribution in [1.29, 1.82) is 0 Å². The molecule has 0 saturated carbocycles. The summed E-state index contributed by atoms with van der Waals surface area (Å²) in [6.45, 7) is 4.60. The second-order valence-corrected chi connectivity index (χ2v) is 12.8. The summed E-state index contributed by atoms with van der Waals surface area (Å²) in [5.41, 5.74) is 1.99. The fourth-order valence-electron chi connectivity index (χ4n) is 6.08. The van der Waals surface area contributed by atoms with E-state index in [0.717, 1.165) is 16.2 Å².